The zero-order valence-electron chi connectivity index (χ0n) is 8.84. The molecule has 0 radical (unpaired) electrons. The molecule has 0 fully saturated rings. The lowest BCUT2D eigenvalue weighted by atomic mass is 10.0. The summed E-state index contributed by atoms with van der Waals surface area (Å²) in [5, 5.41) is 3.35. The second-order valence-electron chi connectivity index (χ2n) is 3.50. The van der Waals surface area contributed by atoms with Crippen LogP contribution < -0.4 is 10.1 Å². The maximum atomic E-state index is 5.40. The predicted molar refractivity (Wildman–Crippen MR) is 68.7 cm³/mol. The van der Waals surface area contributed by atoms with Crippen molar-refractivity contribution in [2.75, 3.05) is 19.9 Å². The Bertz CT molecular complexity index is 370. The van der Waals surface area contributed by atoms with Crippen molar-refractivity contribution in [3.8, 4) is 5.75 Å². The van der Waals surface area contributed by atoms with Crippen molar-refractivity contribution in [1.29, 1.82) is 0 Å². The largest absolute Gasteiger partial charge is 0.496 e. The van der Waals surface area contributed by atoms with Crippen LogP contribution in [0.25, 0.3) is 0 Å². The van der Waals surface area contributed by atoms with Crippen molar-refractivity contribution in [2.45, 2.75) is 11.8 Å². The lowest BCUT2D eigenvalue weighted by Gasteiger charge is -2.27. The molecule has 0 saturated heterocycles. The molecule has 1 aliphatic heterocycles. The lowest BCUT2D eigenvalue weighted by Crippen LogP contribution is -2.23. The van der Waals surface area contributed by atoms with Gasteiger partial charge in [-0.1, -0.05) is 15.9 Å². The van der Waals surface area contributed by atoms with Gasteiger partial charge in [-0.15, -0.1) is 0 Å². The van der Waals surface area contributed by atoms with Crippen LogP contribution >= 0.6 is 27.7 Å². The quantitative estimate of drug-likeness (QED) is 0.904. The molecule has 0 aromatic heterocycles. The van der Waals surface area contributed by atoms with Gasteiger partial charge in [0.1, 0.15) is 5.75 Å². The van der Waals surface area contributed by atoms with Gasteiger partial charge in [0.25, 0.3) is 0 Å². The number of thioether (sulfide) groups is 1. The van der Waals surface area contributed by atoms with Crippen LogP contribution in [-0.2, 0) is 5.75 Å². The standard InChI is InChI=1S/C11H14BrNOS/c1-13-9-6-15-5-7-10(14-2)4-3-8(12)11(7)9/h3-4,9,13H,5-6H2,1-2H3. The van der Waals surface area contributed by atoms with E-state index in [1.807, 2.05) is 24.9 Å². The minimum Gasteiger partial charge on any atom is -0.496 e. The summed E-state index contributed by atoms with van der Waals surface area (Å²) in [6.07, 6.45) is 0. The molecule has 1 heterocycles. The molecule has 1 unspecified atom stereocenters. The molecular formula is C11H14BrNOS. The summed E-state index contributed by atoms with van der Waals surface area (Å²) < 4.78 is 6.58. The normalized spacial score (nSPS) is 19.8. The Morgan fingerprint density at radius 3 is 3.00 bits per heavy atom. The number of methoxy groups -OCH3 is 1. The average molecular weight is 288 g/mol. The van der Waals surface area contributed by atoms with Crippen molar-refractivity contribution < 1.29 is 4.74 Å². The molecule has 4 heteroatoms. The first-order valence-corrected chi connectivity index (χ1v) is 6.83. The smallest absolute Gasteiger partial charge is 0.123 e. The number of ether oxygens (including phenoxy) is 1. The molecule has 0 amide bonds. The minimum absolute atomic E-state index is 0.420. The molecule has 82 valence electrons. The molecule has 0 bridgehead atoms. The molecule has 0 aliphatic carbocycles. The Labute approximate surface area is 103 Å². The van der Waals surface area contributed by atoms with E-state index in [0.29, 0.717) is 6.04 Å². The molecule has 1 atom stereocenters. The number of fused-ring (bicyclic) bond motifs is 1. The number of benzene rings is 1. The van der Waals surface area contributed by atoms with Crippen molar-refractivity contribution in [3.05, 3.63) is 27.7 Å². The summed E-state index contributed by atoms with van der Waals surface area (Å²) in [7, 11) is 3.74. The topological polar surface area (TPSA) is 21.3 Å². The third kappa shape index (κ3) is 2.03. The molecule has 1 aliphatic rings. The molecule has 1 N–H and O–H groups in total. The highest BCUT2D eigenvalue weighted by Gasteiger charge is 2.24. The van der Waals surface area contributed by atoms with E-state index in [0.717, 1.165) is 17.3 Å². The van der Waals surface area contributed by atoms with E-state index in [9.17, 15) is 0 Å². The van der Waals surface area contributed by atoms with E-state index in [-0.39, 0.29) is 0 Å². The van der Waals surface area contributed by atoms with Gasteiger partial charge < -0.3 is 10.1 Å². The fourth-order valence-corrected chi connectivity index (χ4v) is 3.76. The maximum Gasteiger partial charge on any atom is 0.123 e. The Kier molecular flexibility index (Phi) is 3.59. The summed E-state index contributed by atoms with van der Waals surface area (Å²) in [4.78, 5) is 0. The van der Waals surface area contributed by atoms with Crippen LogP contribution in [-0.4, -0.2) is 19.9 Å². The summed E-state index contributed by atoms with van der Waals surface area (Å²) in [6, 6.07) is 4.52. The third-order valence-electron chi connectivity index (χ3n) is 2.71. The van der Waals surface area contributed by atoms with Crippen LogP contribution in [0.15, 0.2) is 16.6 Å². The van der Waals surface area contributed by atoms with Gasteiger partial charge in [0.2, 0.25) is 0 Å². The van der Waals surface area contributed by atoms with Gasteiger partial charge >= 0.3 is 0 Å². The van der Waals surface area contributed by atoms with E-state index in [2.05, 4.69) is 27.3 Å². The zero-order valence-corrected chi connectivity index (χ0v) is 11.2. The molecule has 1 aromatic rings. The number of nitrogens with one attached hydrogen (secondary N) is 1. The first-order valence-electron chi connectivity index (χ1n) is 4.88. The van der Waals surface area contributed by atoms with E-state index in [4.69, 9.17) is 4.74 Å². The van der Waals surface area contributed by atoms with Crippen LogP contribution in [0.4, 0.5) is 0 Å². The van der Waals surface area contributed by atoms with E-state index >= 15 is 0 Å². The fraction of sp³-hybridized carbons (Fsp3) is 0.455. The van der Waals surface area contributed by atoms with Crippen molar-refractivity contribution in [1.82, 2.24) is 5.32 Å². The van der Waals surface area contributed by atoms with Gasteiger partial charge in [0.05, 0.1) is 7.11 Å². The van der Waals surface area contributed by atoms with Crippen LogP contribution in [0.1, 0.15) is 17.2 Å². The first-order chi connectivity index (χ1) is 7.27. The van der Waals surface area contributed by atoms with E-state index in [1.54, 1.807) is 7.11 Å². The Morgan fingerprint density at radius 1 is 1.53 bits per heavy atom. The summed E-state index contributed by atoms with van der Waals surface area (Å²) in [6.45, 7) is 0. The number of hydrogen-bond donors (Lipinski definition) is 1. The van der Waals surface area contributed by atoms with Crippen LogP contribution in [0.2, 0.25) is 0 Å². The lowest BCUT2D eigenvalue weighted by molar-refractivity contribution is 0.409. The van der Waals surface area contributed by atoms with Gasteiger partial charge in [-0.05, 0) is 24.7 Å². The van der Waals surface area contributed by atoms with Crippen LogP contribution in [0.5, 0.6) is 5.75 Å². The average Bonchev–Trinajstić information content (AvgIpc) is 2.29. The van der Waals surface area contributed by atoms with Gasteiger partial charge in [0, 0.05) is 27.6 Å². The zero-order chi connectivity index (χ0) is 10.8. The fourth-order valence-electron chi connectivity index (χ4n) is 1.92. The van der Waals surface area contributed by atoms with E-state index in [1.165, 1.54) is 15.6 Å². The molecule has 1 aromatic carbocycles. The molecule has 0 saturated carbocycles. The predicted octanol–water partition coefficient (Wildman–Crippen LogP) is 2.97. The minimum atomic E-state index is 0.420. The number of rotatable bonds is 2. The highest BCUT2D eigenvalue weighted by atomic mass is 79.9. The molecular weight excluding hydrogens is 274 g/mol. The van der Waals surface area contributed by atoms with Crippen molar-refractivity contribution >= 4 is 27.7 Å². The van der Waals surface area contributed by atoms with Gasteiger partial charge in [-0.3, -0.25) is 0 Å². The molecule has 15 heavy (non-hydrogen) atoms. The maximum absolute atomic E-state index is 5.40. The van der Waals surface area contributed by atoms with E-state index < -0.39 is 0 Å². The number of halogens is 1. The SMILES string of the molecule is CNC1CSCc2c(OC)ccc(Br)c21. The summed E-state index contributed by atoms with van der Waals surface area (Å²) in [5.74, 6) is 3.16. The molecule has 2 nitrogen and oxygen atoms in total. The molecule has 2 rings (SSSR count). The van der Waals surface area contributed by atoms with Crippen LogP contribution in [0, 0.1) is 0 Å². The monoisotopic (exact) mass is 287 g/mol. The summed E-state index contributed by atoms with van der Waals surface area (Å²) >= 11 is 5.57. The summed E-state index contributed by atoms with van der Waals surface area (Å²) in [5.41, 5.74) is 2.68. The van der Waals surface area contributed by atoms with Crippen LogP contribution in [0.3, 0.4) is 0 Å². The first kappa shape index (κ1) is 11.3. The van der Waals surface area contributed by atoms with Crippen molar-refractivity contribution in [3.63, 3.8) is 0 Å². The second kappa shape index (κ2) is 4.76. The van der Waals surface area contributed by atoms with Gasteiger partial charge in [-0.2, -0.15) is 11.8 Å². The van der Waals surface area contributed by atoms with Gasteiger partial charge in [0.15, 0.2) is 0 Å². The second-order valence-corrected chi connectivity index (χ2v) is 5.38. The van der Waals surface area contributed by atoms with Gasteiger partial charge in [-0.25, -0.2) is 0 Å². The highest BCUT2D eigenvalue weighted by Crippen LogP contribution is 2.40. The third-order valence-corrected chi connectivity index (χ3v) is 4.46. The Morgan fingerprint density at radius 2 is 2.33 bits per heavy atom. The highest BCUT2D eigenvalue weighted by molar-refractivity contribution is 9.10. The Balaban J connectivity index is 2.53. The Hall–Kier alpha value is -0.190. The number of hydrogen-bond acceptors (Lipinski definition) is 3. The molecule has 0 spiro atoms. The van der Waals surface area contributed by atoms with Crippen molar-refractivity contribution in [2.24, 2.45) is 0 Å².